The number of thiophene rings is 1. The lowest BCUT2D eigenvalue weighted by molar-refractivity contribution is 0.0602. The van der Waals surface area contributed by atoms with Crippen molar-refractivity contribution in [3.63, 3.8) is 0 Å². The largest absolute Gasteiger partial charge is 0.465 e. The van der Waals surface area contributed by atoms with E-state index in [9.17, 15) is 13.2 Å². The van der Waals surface area contributed by atoms with E-state index in [1.54, 1.807) is 5.38 Å². The van der Waals surface area contributed by atoms with Crippen LogP contribution in [-0.4, -0.2) is 50.1 Å². The molecule has 0 amide bonds. The number of rotatable bonds is 6. The second-order valence-electron chi connectivity index (χ2n) is 4.18. The van der Waals surface area contributed by atoms with Crippen molar-refractivity contribution in [1.82, 2.24) is 4.31 Å². The summed E-state index contributed by atoms with van der Waals surface area (Å²) in [7, 11) is -2.55. The summed E-state index contributed by atoms with van der Waals surface area (Å²) < 4.78 is 30.9. The van der Waals surface area contributed by atoms with Crippen LogP contribution < -0.4 is 0 Å². The van der Waals surface area contributed by atoms with Crippen molar-refractivity contribution in [1.29, 1.82) is 0 Å². The summed E-state index contributed by atoms with van der Waals surface area (Å²) in [6.45, 7) is -0.198. The van der Waals surface area contributed by atoms with Gasteiger partial charge in [-0.1, -0.05) is 0 Å². The molecule has 1 fully saturated rings. The van der Waals surface area contributed by atoms with Crippen molar-refractivity contribution in [2.75, 3.05) is 20.3 Å². The van der Waals surface area contributed by atoms with Gasteiger partial charge in [-0.05, 0) is 24.3 Å². The summed E-state index contributed by atoms with van der Waals surface area (Å²) in [6, 6.07) is 1.33. The number of aliphatic hydroxyl groups is 1. The van der Waals surface area contributed by atoms with E-state index in [0.29, 0.717) is 0 Å². The normalized spacial score (nSPS) is 15.7. The highest BCUT2D eigenvalue weighted by Crippen LogP contribution is 2.34. The Morgan fingerprint density at radius 3 is 2.79 bits per heavy atom. The molecule has 1 N–H and O–H groups in total. The first-order valence-electron chi connectivity index (χ1n) is 5.81. The first-order valence-corrected chi connectivity index (χ1v) is 8.13. The van der Waals surface area contributed by atoms with Crippen LogP contribution in [0.25, 0.3) is 0 Å². The Balaban J connectivity index is 2.38. The number of methoxy groups -OCH3 is 1. The number of aliphatic hydroxyl groups excluding tert-OH is 1. The van der Waals surface area contributed by atoms with Crippen LogP contribution in [0.5, 0.6) is 0 Å². The fraction of sp³-hybridized carbons (Fsp3) is 0.545. The topological polar surface area (TPSA) is 83.9 Å². The predicted octanol–water partition coefficient (Wildman–Crippen LogP) is 0.680. The quantitative estimate of drug-likeness (QED) is 0.781. The van der Waals surface area contributed by atoms with Crippen molar-refractivity contribution in [3.05, 3.63) is 16.3 Å². The van der Waals surface area contributed by atoms with Crippen LogP contribution >= 0.6 is 11.3 Å². The SMILES string of the molecule is COC(=O)c1sccc1S(=O)(=O)N(CCO)C1CC1. The summed E-state index contributed by atoms with van der Waals surface area (Å²) in [5.74, 6) is -0.659. The van der Waals surface area contributed by atoms with Crippen LogP contribution in [0.3, 0.4) is 0 Å². The zero-order chi connectivity index (χ0) is 14.0. The Labute approximate surface area is 115 Å². The number of nitrogens with zero attached hydrogens (tertiary/aromatic N) is 1. The van der Waals surface area contributed by atoms with Crippen LogP contribution in [0.15, 0.2) is 16.3 Å². The first kappa shape index (κ1) is 14.4. The van der Waals surface area contributed by atoms with Gasteiger partial charge < -0.3 is 9.84 Å². The molecule has 1 aromatic rings. The lowest BCUT2D eigenvalue weighted by Gasteiger charge is -2.20. The van der Waals surface area contributed by atoms with Gasteiger partial charge in [-0.2, -0.15) is 4.31 Å². The third-order valence-corrected chi connectivity index (χ3v) is 5.88. The number of esters is 1. The minimum Gasteiger partial charge on any atom is -0.465 e. The molecule has 0 bridgehead atoms. The van der Waals surface area contributed by atoms with Crippen LogP contribution in [-0.2, 0) is 14.8 Å². The van der Waals surface area contributed by atoms with E-state index in [-0.39, 0.29) is 29.0 Å². The molecule has 1 heterocycles. The van der Waals surface area contributed by atoms with Gasteiger partial charge >= 0.3 is 5.97 Å². The molecule has 1 saturated carbocycles. The molecule has 8 heteroatoms. The molecule has 0 unspecified atom stereocenters. The number of carbonyl (C=O) groups is 1. The predicted molar refractivity (Wildman–Crippen MR) is 69.7 cm³/mol. The second-order valence-corrected chi connectivity index (χ2v) is 6.95. The molecule has 106 valence electrons. The monoisotopic (exact) mass is 305 g/mol. The Kier molecular flexibility index (Phi) is 4.24. The summed E-state index contributed by atoms with van der Waals surface area (Å²) in [6.07, 6.45) is 1.58. The maximum atomic E-state index is 12.5. The van der Waals surface area contributed by atoms with E-state index >= 15 is 0 Å². The highest BCUT2D eigenvalue weighted by atomic mass is 32.2. The van der Waals surface area contributed by atoms with E-state index in [0.717, 1.165) is 24.2 Å². The lowest BCUT2D eigenvalue weighted by Crippen LogP contribution is -2.36. The number of carbonyl (C=O) groups excluding carboxylic acids is 1. The molecular weight excluding hydrogens is 290 g/mol. The number of sulfonamides is 1. The van der Waals surface area contributed by atoms with Crippen molar-refractivity contribution in [2.24, 2.45) is 0 Å². The van der Waals surface area contributed by atoms with Crippen LogP contribution in [0.2, 0.25) is 0 Å². The van der Waals surface area contributed by atoms with Crippen LogP contribution in [0.1, 0.15) is 22.5 Å². The maximum Gasteiger partial charge on any atom is 0.349 e. The van der Waals surface area contributed by atoms with Gasteiger partial charge in [-0.3, -0.25) is 0 Å². The zero-order valence-electron chi connectivity index (χ0n) is 10.4. The van der Waals surface area contributed by atoms with Gasteiger partial charge in [0.05, 0.1) is 13.7 Å². The number of hydrogen-bond acceptors (Lipinski definition) is 6. The molecule has 2 rings (SSSR count). The molecule has 0 aromatic carbocycles. The van der Waals surface area contributed by atoms with Crippen molar-refractivity contribution in [3.8, 4) is 0 Å². The molecule has 0 saturated heterocycles. The van der Waals surface area contributed by atoms with Crippen LogP contribution in [0.4, 0.5) is 0 Å². The smallest absolute Gasteiger partial charge is 0.349 e. The summed E-state index contributed by atoms with van der Waals surface area (Å²) in [5, 5.41) is 10.5. The van der Waals surface area contributed by atoms with Gasteiger partial charge in [0.2, 0.25) is 10.0 Å². The molecule has 0 atom stereocenters. The second kappa shape index (κ2) is 5.58. The molecule has 19 heavy (non-hydrogen) atoms. The van der Waals surface area contributed by atoms with E-state index in [2.05, 4.69) is 4.74 Å². The van der Waals surface area contributed by atoms with Crippen LogP contribution in [0, 0.1) is 0 Å². The summed E-state index contributed by atoms with van der Waals surface area (Å²) in [5.41, 5.74) is 0. The Morgan fingerprint density at radius 2 is 2.26 bits per heavy atom. The number of hydrogen-bond donors (Lipinski definition) is 1. The molecular formula is C11H15NO5S2. The van der Waals surface area contributed by atoms with Gasteiger partial charge in [0.1, 0.15) is 9.77 Å². The highest BCUT2D eigenvalue weighted by molar-refractivity contribution is 7.89. The third kappa shape index (κ3) is 2.81. The average molecular weight is 305 g/mol. The Bertz CT molecular complexity index is 561. The van der Waals surface area contributed by atoms with Gasteiger partial charge in [0, 0.05) is 12.6 Å². The zero-order valence-corrected chi connectivity index (χ0v) is 12.0. The molecule has 1 aliphatic carbocycles. The minimum atomic E-state index is -3.76. The highest BCUT2D eigenvalue weighted by Gasteiger charge is 2.39. The fourth-order valence-electron chi connectivity index (χ4n) is 1.83. The molecule has 0 radical (unpaired) electrons. The Hall–Kier alpha value is -0.960. The van der Waals surface area contributed by atoms with Gasteiger partial charge in [0.25, 0.3) is 0 Å². The standard InChI is InChI=1S/C11H15NO5S2/c1-17-11(14)10-9(4-7-18-10)19(15,16)12(5-6-13)8-2-3-8/h4,7-8,13H,2-3,5-6H2,1H3. The van der Waals surface area contributed by atoms with E-state index in [1.807, 2.05) is 0 Å². The average Bonchev–Trinajstić information content (AvgIpc) is 3.09. The molecule has 1 aromatic heterocycles. The molecule has 1 aliphatic rings. The molecule has 0 spiro atoms. The summed E-state index contributed by atoms with van der Waals surface area (Å²) in [4.78, 5) is 11.6. The van der Waals surface area contributed by atoms with Gasteiger partial charge in [-0.25, -0.2) is 13.2 Å². The summed E-state index contributed by atoms with van der Waals surface area (Å²) >= 11 is 1.03. The fourth-order valence-corrected chi connectivity index (χ4v) is 4.81. The van der Waals surface area contributed by atoms with Gasteiger partial charge in [-0.15, -0.1) is 11.3 Å². The number of ether oxygens (including phenoxy) is 1. The third-order valence-electron chi connectivity index (χ3n) is 2.86. The Morgan fingerprint density at radius 1 is 1.58 bits per heavy atom. The van der Waals surface area contributed by atoms with Crippen molar-refractivity contribution < 1.29 is 23.1 Å². The van der Waals surface area contributed by atoms with Crippen molar-refractivity contribution in [2.45, 2.75) is 23.8 Å². The van der Waals surface area contributed by atoms with Gasteiger partial charge in [0.15, 0.2) is 0 Å². The first-order chi connectivity index (χ1) is 9.02. The molecule has 6 nitrogen and oxygen atoms in total. The van der Waals surface area contributed by atoms with E-state index in [4.69, 9.17) is 5.11 Å². The van der Waals surface area contributed by atoms with E-state index in [1.165, 1.54) is 17.5 Å². The lowest BCUT2D eigenvalue weighted by atomic mass is 10.5. The van der Waals surface area contributed by atoms with E-state index < -0.39 is 16.0 Å². The molecule has 0 aliphatic heterocycles. The van der Waals surface area contributed by atoms with Crippen molar-refractivity contribution >= 4 is 27.3 Å². The maximum absolute atomic E-state index is 12.5. The minimum absolute atomic E-state index is 0.0373.